The molecule has 20 heavy (non-hydrogen) atoms. The normalized spacial score (nSPS) is 48.7. The molecule has 1 saturated carbocycles. The molecule has 6 heteroatoms. The zero-order valence-corrected chi connectivity index (χ0v) is 11.0. The van der Waals surface area contributed by atoms with Crippen LogP contribution in [0.4, 0.5) is 0 Å². The number of nitrogens with one attached hydrogen (secondary N) is 1. The average molecular weight is 275 g/mol. The van der Waals surface area contributed by atoms with E-state index in [1.165, 1.54) is 0 Å². The summed E-state index contributed by atoms with van der Waals surface area (Å²) in [6, 6.07) is 0. The summed E-state index contributed by atoms with van der Waals surface area (Å²) in [7, 11) is 0. The Hall–Kier alpha value is -1.98. The average Bonchev–Trinajstić information content (AvgIpc) is 2.80. The second-order valence-electron chi connectivity index (χ2n) is 6.38. The quantitative estimate of drug-likeness (QED) is 0.286. The van der Waals surface area contributed by atoms with Gasteiger partial charge in [0.2, 0.25) is 11.8 Å². The molecular weight excluding hydrogens is 262 g/mol. The van der Waals surface area contributed by atoms with Gasteiger partial charge in [0.15, 0.2) is 0 Å². The summed E-state index contributed by atoms with van der Waals surface area (Å²) >= 11 is 0. The molecule has 5 rings (SSSR count). The highest BCUT2D eigenvalue weighted by molar-refractivity contribution is 6.09. The molecule has 104 valence electrons. The van der Waals surface area contributed by atoms with Gasteiger partial charge in [-0.3, -0.25) is 24.5 Å². The van der Waals surface area contributed by atoms with Crippen LogP contribution in [0.2, 0.25) is 0 Å². The minimum atomic E-state index is -0.826. The Kier molecular flexibility index (Phi) is 1.88. The van der Waals surface area contributed by atoms with Crippen molar-refractivity contribution >= 4 is 23.8 Å². The first-order valence-electron chi connectivity index (χ1n) is 6.66. The van der Waals surface area contributed by atoms with Crippen molar-refractivity contribution in [3.63, 3.8) is 0 Å². The fourth-order valence-corrected chi connectivity index (χ4v) is 4.89. The van der Waals surface area contributed by atoms with E-state index in [0.717, 1.165) is 5.57 Å². The molecule has 2 heterocycles. The smallest absolute Gasteiger partial charge is 0.318 e. The largest absolute Gasteiger partial charge is 0.393 e. The van der Waals surface area contributed by atoms with Crippen LogP contribution in [0.3, 0.4) is 0 Å². The first kappa shape index (κ1) is 11.8. The van der Waals surface area contributed by atoms with E-state index < -0.39 is 46.9 Å². The lowest BCUT2D eigenvalue weighted by molar-refractivity contribution is -0.154. The molecule has 3 fully saturated rings. The lowest BCUT2D eigenvalue weighted by Gasteiger charge is -2.52. The molecule has 0 aromatic heterocycles. The molecule has 6 nitrogen and oxygen atoms in total. The molecule has 5 aliphatic rings. The molecule has 0 aromatic rings. The minimum absolute atomic E-state index is 0.339. The van der Waals surface area contributed by atoms with E-state index in [1.54, 1.807) is 6.92 Å². The van der Waals surface area contributed by atoms with Crippen LogP contribution < -0.4 is 5.32 Å². The first-order valence-corrected chi connectivity index (χ1v) is 6.66. The van der Waals surface area contributed by atoms with Crippen LogP contribution in [-0.2, 0) is 23.9 Å². The Bertz CT molecular complexity index is 591. The first-order chi connectivity index (χ1) is 9.36. The van der Waals surface area contributed by atoms with Gasteiger partial charge >= 0.3 is 11.9 Å². The van der Waals surface area contributed by atoms with Crippen molar-refractivity contribution in [2.45, 2.75) is 13.8 Å². The molecule has 2 aliphatic heterocycles. The number of hydrogen-bond donors (Lipinski definition) is 1. The van der Waals surface area contributed by atoms with Crippen molar-refractivity contribution < 1.29 is 23.9 Å². The second kappa shape index (κ2) is 3.19. The van der Waals surface area contributed by atoms with E-state index >= 15 is 0 Å². The second-order valence-corrected chi connectivity index (χ2v) is 6.38. The van der Waals surface area contributed by atoms with Crippen molar-refractivity contribution in [1.82, 2.24) is 5.32 Å². The van der Waals surface area contributed by atoms with Crippen molar-refractivity contribution in [3.05, 3.63) is 11.6 Å². The Labute approximate surface area is 114 Å². The number of esters is 2. The molecule has 6 atom stereocenters. The van der Waals surface area contributed by atoms with Gasteiger partial charge in [0.1, 0.15) is 0 Å². The summed E-state index contributed by atoms with van der Waals surface area (Å²) in [4.78, 5) is 48.2. The molecule has 0 aromatic carbocycles. The third kappa shape index (κ3) is 1.04. The molecule has 0 radical (unpaired) electrons. The van der Waals surface area contributed by atoms with E-state index in [1.807, 2.05) is 13.0 Å². The fraction of sp³-hybridized carbons (Fsp3) is 0.571. The molecule has 3 aliphatic carbocycles. The maximum Gasteiger partial charge on any atom is 0.318 e. The summed E-state index contributed by atoms with van der Waals surface area (Å²) in [6.45, 7) is 3.63. The summed E-state index contributed by atoms with van der Waals surface area (Å²) in [5, 5.41) is 2.35. The number of ether oxygens (including phenoxy) is 1. The Balaban J connectivity index is 1.98. The molecule has 0 spiro atoms. The lowest BCUT2D eigenvalue weighted by atomic mass is 9.46. The van der Waals surface area contributed by atoms with E-state index in [2.05, 4.69) is 5.32 Å². The summed E-state index contributed by atoms with van der Waals surface area (Å²) in [6.07, 6.45) is 1.89. The van der Waals surface area contributed by atoms with Crippen LogP contribution in [0.15, 0.2) is 11.6 Å². The number of allylic oxidation sites excluding steroid dienone is 2. The van der Waals surface area contributed by atoms with E-state index in [-0.39, 0.29) is 11.8 Å². The van der Waals surface area contributed by atoms with E-state index in [9.17, 15) is 19.2 Å². The molecule has 0 unspecified atom stereocenters. The number of imide groups is 1. The minimum Gasteiger partial charge on any atom is -0.393 e. The molecule has 1 N–H and O–H groups in total. The van der Waals surface area contributed by atoms with Crippen LogP contribution in [0.5, 0.6) is 0 Å². The van der Waals surface area contributed by atoms with Gasteiger partial charge in [-0.1, -0.05) is 18.6 Å². The SMILES string of the molecule is CC1=C[C@]2(C)[C@@H]3C(=O)NC(=O)[C@@H]3[C@H]1[C@@H]1C(=O)OC(=O)[C@@H]12. The summed E-state index contributed by atoms with van der Waals surface area (Å²) in [5.74, 6) is -4.64. The van der Waals surface area contributed by atoms with Gasteiger partial charge in [-0.2, -0.15) is 0 Å². The maximum atomic E-state index is 12.1. The number of rotatable bonds is 0. The third-order valence-electron chi connectivity index (χ3n) is 5.46. The molecular formula is C14H13NO5. The molecule has 2 bridgehead atoms. The Morgan fingerprint density at radius 2 is 1.70 bits per heavy atom. The zero-order chi connectivity index (χ0) is 14.4. The van der Waals surface area contributed by atoms with Gasteiger partial charge in [-0.05, 0) is 6.92 Å². The topological polar surface area (TPSA) is 89.5 Å². The Morgan fingerprint density at radius 3 is 2.40 bits per heavy atom. The zero-order valence-electron chi connectivity index (χ0n) is 11.0. The number of carbonyl (C=O) groups excluding carboxylic acids is 4. The van der Waals surface area contributed by atoms with Gasteiger partial charge in [0.05, 0.1) is 23.7 Å². The monoisotopic (exact) mass is 275 g/mol. The van der Waals surface area contributed by atoms with E-state index in [4.69, 9.17) is 4.74 Å². The van der Waals surface area contributed by atoms with Crippen molar-refractivity contribution in [3.8, 4) is 0 Å². The van der Waals surface area contributed by atoms with Crippen molar-refractivity contribution in [2.75, 3.05) is 0 Å². The number of cyclic esters (lactones) is 2. The van der Waals surface area contributed by atoms with Crippen LogP contribution in [0.25, 0.3) is 0 Å². The van der Waals surface area contributed by atoms with Gasteiger partial charge in [0, 0.05) is 11.3 Å². The summed E-state index contributed by atoms with van der Waals surface area (Å²) in [5.41, 5.74) is 0.0692. The maximum absolute atomic E-state index is 12.1. The van der Waals surface area contributed by atoms with Crippen LogP contribution in [0, 0.1) is 35.0 Å². The number of amides is 2. The Morgan fingerprint density at radius 1 is 1.00 bits per heavy atom. The highest BCUT2D eigenvalue weighted by Crippen LogP contribution is 2.64. The van der Waals surface area contributed by atoms with Crippen molar-refractivity contribution in [1.29, 1.82) is 0 Å². The van der Waals surface area contributed by atoms with Gasteiger partial charge < -0.3 is 4.74 Å². The number of carbonyl (C=O) groups is 4. The fourth-order valence-electron chi connectivity index (χ4n) is 4.89. The predicted octanol–water partition coefficient (Wildman–Crippen LogP) is -0.213. The number of hydrogen-bond acceptors (Lipinski definition) is 5. The molecule has 2 saturated heterocycles. The van der Waals surface area contributed by atoms with Crippen LogP contribution >= 0.6 is 0 Å². The highest BCUT2D eigenvalue weighted by atomic mass is 16.6. The van der Waals surface area contributed by atoms with Gasteiger partial charge in [-0.25, -0.2) is 0 Å². The van der Waals surface area contributed by atoms with Crippen LogP contribution in [0.1, 0.15) is 13.8 Å². The van der Waals surface area contributed by atoms with Gasteiger partial charge in [0.25, 0.3) is 0 Å². The standard InChI is InChI=1S/C14H13NO5/c1-4-3-14(2)8-6(10(16)15-11(8)17)5(4)7-9(14)13(19)20-12(7)18/h3,5-9H,1-2H3,(H,15,16,17)/t5-,6+,7-,8-,9+,14+/m0/s1. The molecule has 2 amide bonds. The van der Waals surface area contributed by atoms with Crippen molar-refractivity contribution in [2.24, 2.45) is 35.0 Å². The third-order valence-corrected chi connectivity index (χ3v) is 5.46. The lowest BCUT2D eigenvalue weighted by Crippen LogP contribution is -2.57. The summed E-state index contributed by atoms with van der Waals surface area (Å²) < 4.78 is 4.78. The predicted molar refractivity (Wildman–Crippen MR) is 63.6 cm³/mol. The highest BCUT2D eigenvalue weighted by Gasteiger charge is 2.72. The van der Waals surface area contributed by atoms with Crippen LogP contribution in [-0.4, -0.2) is 23.8 Å². The van der Waals surface area contributed by atoms with Gasteiger partial charge in [-0.15, -0.1) is 0 Å². The van der Waals surface area contributed by atoms with E-state index in [0.29, 0.717) is 0 Å².